The highest BCUT2D eigenvalue weighted by molar-refractivity contribution is 9.10. The number of hydrogen-bond donors (Lipinski definition) is 0. The summed E-state index contributed by atoms with van der Waals surface area (Å²) in [5.41, 5.74) is -0.579. The van der Waals surface area contributed by atoms with E-state index in [0.717, 1.165) is 18.2 Å². The van der Waals surface area contributed by atoms with Crippen LogP contribution >= 0.6 is 27.5 Å². The van der Waals surface area contributed by atoms with Crippen LogP contribution in [-0.4, -0.2) is 5.78 Å². The topological polar surface area (TPSA) is 17.1 Å². The minimum Gasteiger partial charge on any atom is -0.288 e. The number of ketones is 1. The molecule has 0 aliphatic carbocycles. The van der Waals surface area contributed by atoms with Crippen molar-refractivity contribution in [1.29, 1.82) is 0 Å². The lowest BCUT2D eigenvalue weighted by atomic mass is 10.0. The van der Waals surface area contributed by atoms with Gasteiger partial charge in [0.25, 0.3) is 0 Å². The molecule has 0 aliphatic rings. The van der Waals surface area contributed by atoms with E-state index < -0.39 is 28.8 Å². The Hall–Kier alpha value is -1.33. The van der Waals surface area contributed by atoms with Crippen molar-refractivity contribution in [2.24, 2.45) is 0 Å². The second kappa shape index (κ2) is 5.35. The van der Waals surface area contributed by atoms with Crippen molar-refractivity contribution in [2.75, 3.05) is 0 Å². The SMILES string of the molecule is O=C(c1ccc(Cl)c(F)c1)c1cc(F)c(Br)cc1F. The van der Waals surface area contributed by atoms with Gasteiger partial charge in [-0.25, -0.2) is 13.2 Å². The molecule has 98 valence electrons. The monoisotopic (exact) mass is 348 g/mol. The molecule has 0 atom stereocenters. The van der Waals surface area contributed by atoms with E-state index in [1.165, 1.54) is 12.1 Å². The van der Waals surface area contributed by atoms with Gasteiger partial charge < -0.3 is 0 Å². The first-order valence-corrected chi connectivity index (χ1v) is 6.21. The second-order valence-corrected chi connectivity index (χ2v) is 4.97. The molecule has 0 amide bonds. The Bertz CT molecular complexity index is 673. The van der Waals surface area contributed by atoms with Gasteiger partial charge in [-0.3, -0.25) is 4.79 Å². The predicted molar refractivity (Wildman–Crippen MR) is 68.9 cm³/mol. The molecule has 2 aromatic carbocycles. The molecule has 19 heavy (non-hydrogen) atoms. The smallest absolute Gasteiger partial charge is 0.196 e. The Morgan fingerprint density at radius 3 is 2.32 bits per heavy atom. The summed E-state index contributed by atoms with van der Waals surface area (Å²) in [5.74, 6) is -3.29. The molecule has 0 radical (unpaired) electrons. The summed E-state index contributed by atoms with van der Waals surface area (Å²) in [6, 6.07) is 4.90. The fraction of sp³-hybridized carbons (Fsp3) is 0. The summed E-state index contributed by atoms with van der Waals surface area (Å²) in [6.07, 6.45) is 0. The van der Waals surface area contributed by atoms with Crippen LogP contribution in [0.25, 0.3) is 0 Å². The Morgan fingerprint density at radius 2 is 1.68 bits per heavy atom. The van der Waals surface area contributed by atoms with Crippen LogP contribution in [0.15, 0.2) is 34.8 Å². The fourth-order valence-electron chi connectivity index (χ4n) is 1.49. The Morgan fingerprint density at radius 1 is 1.00 bits per heavy atom. The normalized spacial score (nSPS) is 10.6. The van der Waals surface area contributed by atoms with Gasteiger partial charge in [0.2, 0.25) is 0 Å². The van der Waals surface area contributed by atoms with Gasteiger partial charge >= 0.3 is 0 Å². The van der Waals surface area contributed by atoms with Crippen LogP contribution in [0.4, 0.5) is 13.2 Å². The van der Waals surface area contributed by atoms with E-state index in [1.807, 2.05) is 0 Å². The minimum atomic E-state index is -0.895. The first kappa shape index (κ1) is 14.1. The minimum absolute atomic E-state index is 0.0937. The van der Waals surface area contributed by atoms with Gasteiger partial charge in [-0.1, -0.05) is 11.6 Å². The van der Waals surface area contributed by atoms with Crippen molar-refractivity contribution in [2.45, 2.75) is 0 Å². The standard InChI is InChI=1S/C13H5BrClF3O/c14-8-5-10(16)7(4-11(8)17)13(19)6-1-2-9(15)12(18)3-6/h1-5H. The quantitative estimate of drug-likeness (QED) is 0.565. The maximum absolute atomic E-state index is 13.6. The molecule has 0 bridgehead atoms. The van der Waals surface area contributed by atoms with E-state index in [4.69, 9.17) is 11.6 Å². The van der Waals surface area contributed by atoms with E-state index in [2.05, 4.69) is 15.9 Å². The molecule has 0 spiro atoms. The average Bonchev–Trinajstić information content (AvgIpc) is 2.36. The molecule has 0 heterocycles. The molecular formula is C13H5BrClF3O. The molecule has 2 rings (SSSR count). The molecule has 0 saturated carbocycles. The third-order valence-corrected chi connectivity index (χ3v) is 3.35. The maximum Gasteiger partial charge on any atom is 0.196 e. The first-order valence-electron chi connectivity index (χ1n) is 5.04. The fourth-order valence-corrected chi connectivity index (χ4v) is 1.92. The molecule has 1 nitrogen and oxygen atoms in total. The maximum atomic E-state index is 13.6. The van der Waals surface area contributed by atoms with E-state index in [0.29, 0.717) is 0 Å². The van der Waals surface area contributed by atoms with Crippen molar-refractivity contribution >= 4 is 33.3 Å². The molecule has 0 N–H and O–H groups in total. The number of halogens is 5. The molecule has 0 fully saturated rings. The van der Waals surface area contributed by atoms with Gasteiger partial charge in [-0.15, -0.1) is 0 Å². The summed E-state index contributed by atoms with van der Waals surface area (Å²) in [7, 11) is 0. The zero-order chi connectivity index (χ0) is 14.2. The van der Waals surface area contributed by atoms with E-state index >= 15 is 0 Å². The van der Waals surface area contributed by atoms with Crippen molar-refractivity contribution in [1.82, 2.24) is 0 Å². The number of rotatable bonds is 2. The number of carbonyl (C=O) groups is 1. The van der Waals surface area contributed by atoms with Crippen LogP contribution < -0.4 is 0 Å². The number of carbonyl (C=O) groups excluding carboxylic acids is 1. The second-order valence-electron chi connectivity index (χ2n) is 3.70. The zero-order valence-corrected chi connectivity index (χ0v) is 11.5. The van der Waals surface area contributed by atoms with E-state index in [9.17, 15) is 18.0 Å². The molecule has 0 saturated heterocycles. The van der Waals surface area contributed by atoms with Gasteiger partial charge in [0.15, 0.2) is 5.78 Å². The molecule has 6 heteroatoms. The summed E-state index contributed by atoms with van der Waals surface area (Å²) in [4.78, 5) is 12.0. The van der Waals surface area contributed by atoms with Crippen LogP contribution in [0.5, 0.6) is 0 Å². The van der Waals surface area contributed by atoms with Gasteiger partial charge in [-0.2, -0.15) is 0 Å². The van der Waals surface area contributed by atoms with Gasteiger partial charge in [0, 0.05) is 5.56 Å². The first-order chi connectivity index (χ1) is 8.90. The van der Waals surface area contributed by atoms with Crippen LogP contribution in [-0.2, 0) is 0 Å². The van der Waals surface area contributed by atoms with E-state index in [-0.39, 0.29) is 15.1 Å². The molecule has 0 aliphatic heterocycles. The van der Waals surface area contributed by atoms with Crippen molar-refractivity contribution in [3.05, 3.63) is 68.4 Å². The molecular weight excluding hydrogens is 344 g/mol. The molecule has 0 aromatic heterocycles. The van der Waals surface area contributed by atoms with Gasteiger partial charge in [0.1, 0.15) is 17.5 Å². The molecule has 0 unspecified atom stereocenters. The highest BCUT2D eigenvalue weighted by Crippen LogP contribution is 2.23. The summed E-state index contributed by atoms with van der Waals surface area (Å²) >= 11 is 8.29. The molecule has 2 aromatic rings. The van der Waals surface area contributed by atoms with Crippen molar-refractivity contribution in [3.63, 3.8) is 0 Å². The highest BCUT2D eigenvalue weighted by Gasteiger charge is 2.18. The lowest BCUT2D eigenvalue weighted by Crippen LogP contribution is -2.06. The summed E-state index contributed by atoms with van der Waals surface area (Å²) in [6.45, 7) is 0. The largest absolute Gasteiger partial charge is 0.288 e. The summed E-state index contributed by atoms with van der Waals surface area (Å²) < 4.78 is 40.1. The Labute approximate surface area is 120 Å². The van der Waals surface area contributed by atoms with Gasteiger partial charge in [0.05, 0.1) is 15.1 Å². The van der Waals surface area contributed by atoms with Crippen molar-refractivity contribution in [3.8, 4) is 0 Å². The van der Waals surface area contributed by atoms with Crippen molar-refractivity contribution < 1.29 is 18.0 Å². The highest BCUT2D eigenvalue weighted by atomic mass is 79.9. The van der Waals surface area contributed by atoms with Crippen LogP contribution in [0, 0.1) is 17.5 Å². The predicted octanol–water partition coefficient (Wildman–Crippen LogP) is 4.75. The lowest BCUT2D eigenvalue weighted by Gasteiger charge is -2.05. The third-order valence-electron chi connectivity index (χ3n) is 2.44. The Balaban J connectivity index is 2.49. The van der Waals surface area contributed by atoms with E-state index in [1.54, 1.807) is 0 Å². The van der Waals surface area contributed by atoms with Crippen LogP contribution in [0.2, 0.25) is 5.02 Å². The summed E-state index contributed by atoms with van der Waals surface area (Å²) in [5, 5.41) is -0.154. The van der Waals surface area contributed by atoms with Gasteiger partial charge in [-0.05, 0) is 46.3 Å². The third kappa shape index (κ3) is 2.82. The lowest BCUT2D eigenvalue weighted by molar-refractivity contribution is 0.103. The van der Waals surface area contributed by atoms with Crippen LogP contribution in [0.1, 0.15) is 15.9 Å². The Kier molecular flexibility index (Phi) is 3.96. The number of hydrogen-bond acceptors (Lipinski definition) is 1. The van der Waals surface area contributed by atoms with Crippen LogP contribution in [0.3, 0.4) is 0 Å². The average molecular weight is 350 g/mol. The zero-order valence-electron chi connectivity index (χ0n) is 9.18. The number of benzene rings is 2.